The summed E-state index contributed by atoms with van der Waals surface area (Å²) >= 11 is 5.81. The zero-order valence-corrected chi connectivity index (χ0v) is 43.5. The molecule has 10 N–H and O–H groups in total. The third-order valence-corrected chi connectivity index (χ3v) is 13.7. The number of alkyl halides is 6. The summed E-state index contributed by atoms with van der Waals surface area (Å²) in [5.41, 5.74) is 23.4. The van der Waals surface area contributed by atoms with Gasteiger partial charge in [0.25, 0.3) is 0 Å². The van der Waals surface area contributed by atoms with Crippen LogP contribution in [0.1, 0.15) is 55.6 Å². The lowest BCUT2D eigenvalue weighted by molar-refractivity contribution is -0.138. The molecule has 7 rings (SSSR count). The first kappa shape index (κ1) is 60.7. The lowest BCUT2D eigenvalue weighted by atomic mass is 10.1. The van der Waals surface area contributed by atoms with Gasteiger partial charge in [-0.2, -0.15) is 26.3 Å². The molecule has 5 aromatic rings. The fraction of sp³-hybridized carbons (Fsp3) is 0.292. The minimum Gasteiger partial charge on any atom is -0.379 e. The number of rotatable bonds is 13. The van der Waals surface area contributed by atoms with Crippen molar-refractivity contribution in [1.82, 2.24) is 20.4 Å². The quantitative estimate of drug-likeness (QED) is 0.0339. The molecule has 71 heavy (non-hydrogen) atoms. The number of halogens is 8. The Balaban J connectivity index is 0.000000404. The van der Waals surface area contributed by atoms with Crippen LogP contribution in [0.4, 0.5) is 26.3 Å². The van der Waals surface area contributed by atoms with Crippen molar-refractivity contribution in [2.24, 2.45) is 27.2 Å². The summed E-state index contributed by atoms with van der Waals surface area (Å²) in [6.07, 6.45) is -8.68. The molecule has 0 aliphatic carbocycles. The van der Waals surface area contributed by atoms with Gasteiger partial charge in [0.1, 0.15) is 0 Å². The van der Waals surface area contributed by atoms with E-state index in [1.807, 2.05) is 46.2 Å². The summed E-state index contributed by atoms with van der Waals surface area (Å²) in [5, 5.41) is 22.8. The van der Waals surface area contributed by atoms with Crippen molar-refractivity contribution in [2.45, 2.75) is 61.9 Å². The number of nitrogens with one attached hydrogen (secondary N) is 4. The maximum Gasteiger partial charge on any atom is 0.416 e. The van der Waals surface area contributed by atoms with E-state index >= 15 is 0 Å². The lowest BCUT2D eigenvalue weighted by Crippen LogP contribution is -2.41. The molecule has 0 unspecified atom stereocenters. The molecule has 5 aromatic carbocycles. The monoisotopic (exact) mass is 1100 g/mol. The van der Waals surface area contributed by atoms with Crippen molar-refractivity contribution in [2.75, 3.05) is 26.7 Å². The van der Waals surface area contributed by atoms with Crippen LogP contribution >= 0.6 is 71.9 Å². The molecule has 23 heteroatoms. The largest absolute Gasteiger partial charge is 0.416 e. The number of nitrogens with two attached hydrogens (primary N) is 3. The first-order valence-electron chi connectivity index (χ1n) is 21.4. The van der Waals surface area contributed by atoms with Crippen LogP contribution in [0, 0.1) is 17.7 Å². The van der Waals surface area contributed by atoms with Crippen LogP contribution in [0.3, 0.4) is 0 Å². The highest BCUT2D eigenvalue weighted by Crippen LogP contribution is 2.31. The first-order valence-corrected chi connectivity index (χ1v) is 25.3. The summed E-state index contributed by atoms with van der Waals surface area (Å²) in [6, 6.07) is 34.8. The number of benzene rings is 5. The minimum absolute atomic E-state index is 0. The fourth-order valence-corrected chi connectivity index (χ4v) is 9.39. The second-order valence-corrected chi connectivity index (χ2v) is 19.5. The van der Waals surface area contributed by atoms with Crippen molar-refractivity contribution in [3.05, 3.63) is 177 Å². The number of hydrogen-bond donors (Lipinski definition) is 7. The van der Waals surface area contributed by atoms with Crippen molar-refractivity contribution in [1.29, 1.82) is 10.8 Å². The van der Waals surface area contributed by atoms with Crippen molar-refractivity contribution in [3.8, 4) is 0 Å². The number of nitrogens with zero attached hydrogens (tertiary/aromatic N) is 4. The second-order valence-electron chi connectivity index (χ2n) is 15.5. The summed E-state index contributed by atoms with van der Waals surface area (Å²) in [5.74, 6) is 2.82. The third kappa shape index (κ3) is 22.0. The Kier molecular flexibility index (Phi) is 26.0. The van der Waals surface area contributed by atoms with E-state index in [0.29, 0.717) is 57.8 Å². The van der Waals surface area contributed by atoms with Crippen LogP contribution in [0.2, 0.25) is 0 Å². The molecular formula is C48H57Cl2F6N11S4. The summed E-state index contributed by atoms with van der Waals surface area (Å²) in [4.78, 5) is 13.2. The van der Waals surface area contributed by atoms with Crippen molar-refractivity contribution in [3.63, 3.8) is 0 Å². The van der Waals surface area contributed by atoms with Crippen LogP contribution in [0.5, 0.6) is 0 Å². The molecule has 0 amide bonds. The Morgan fingerprint density at radius 2 is 0.887 bits per heavy atom. The number of amidine groups is 4. The Morgan fingerprint density at radius 3 is 1.18 bits per heavy atom. The normalized spacial score (nSPS) is 13.7. The number of thioether (sulfide) groups is 4. The average Bonchev–Trinajstić information content (AvgIpc) is 3.33. The first-order chi connectivity index (χ1) is 32.9. The van der Waals surface area contributed by atoms with E-state index in [4.69, 9.17) is 28.0 Å². The topological polar surface area (TPSA) is 181 Å². The van der Waals surface area contributed by atoms with Gasteiger partial charge in [0.15, 0.2) is 20.7 Å². The standard InChI is InChI=1S/C30H30F6N6S2.C10H14N4S2.C8H11N.2ClH/c31-29(32,33)25-9-5-21(6-10-25)13-41-17-37-27(38-18-41)43-15-23-3-1-2-4-24(23)16-44-28-39-19-42(20-40-28)14-22-7-11-26(12-8-22)30(34,35)36;11-9(12)15-5-7-3-1-2-4-8(7)6-16-10(13)14;1-7-2-4-8(6-9)5-3-7;;/h1-12H,13-20H2,(H,37,38)(H,39,40);1-4H,5-6H2,(H3,11,12)(H3,13,14);2-5H,6,9H2,1H3;2*1H. The van der Waals surface area contributed by atoms with Crippen LogP contribution in [0.25, 0.3) is 0 Å². The van der Waals surface area contributed by atoms with Crippen molar-refractivity contribution >= 4 is 92.5 Å². The van der Waals surface area contributed by atoms with Gasteiger partial charge in [0.05, 0.1) is 37.8 Å². The fourth-order valence-electron chi connectivity index (χ4n) is 6.42. The number of aryl methyl sites for hydroxylation is 1. The van der Waals surface area contributed by atoms with Crippen LogP contribution in [0.15, 0.2) is 131 Å². The Bertz CT molecular complexity index is 2340. The molecule has 2 aliphatic rings. The van der Waals surface area contributed by atoms with Gasteiger partial charge in [0.2, 0.25) is 0 Å². The van der Waals surface area contributed by atoms with E-state index in [9.17, 15) is 26.3 Å². The molecule has 0 saturated heterocycles. The Labute approximate surface area is 440 Å². The van der Waals surface area contributed by atoms with E-state index in [1.54, 1.807) is 23.5 Å². The molecular weight excluding hydrogens is 1040 g/mol. The highest BCUT2D eigenvalue weighted by Gasteiger charge is 2.31. The van der Waals surface area contributed by atoms with Gasteiger partial charge < -0.3 is 27.8 Å². The van der Waals surface area contributed by atoms with Crippen LogP contribution < -0.4 is 27.8 Å². The molecule has 0 radical (unpaired) electrons. The Hall–Kier alpha value is -4.58. The molecule has 0 atom stereocenters. The number of aliphatic imine (C=N–C) groups is 2. The second kappa shape index (κ2) is 30.5. The predicted molar refractivity (Wildman–Crippen MR) is 290 cm³/mol. The highest BCUT2D eigenvalue weighted by atomic mass is 35.5. The van der Waals surface area contributed by atoms with Gasteiger partial charge in [-0.3, -0.25) is 20.6 Å². The minimum atomic E-state index is -4.34. The van der Waals surface area contributed by atoms with Gasteiger partial charge in [-0.05, 0) is 70.1 Å². The van der Waals surface area contributed by atoms with E-state index < -0.39 is 23.5 Å². The lowest BCUT2D eigenvalue weighted by Gasteiger charge is -2.27. The molecule has 2 heterocycles. The number of hydrogen-bond acceptors (Lipinski definition) is 13. The van der Waals surface area contributed by atoms with Gasteiger partial charge in [-0.25, -0.2) is 9.98 Å². The maximum absolute atomic E-state index is 12.8. The van der Waals surface area contributed by atoms with Crippen LogP contribution in [-0.2, 0) is 55.0 Å². The van der Waals surface area contributed by atoms with Gasteiger partial charge in [-0.1, -0.05) is 150 Å². The average molecular weight is 1100 g/mol. The summed E-state index contributed by atoms with van der Waals surface area (Å²) in [6.45, 7) is 5.71. The molecule has 384 valence electrons. The van der Waals surface area contributed by atoms with E-state index in [0.717, 1.165) is 68.4 Å². The SMILES string of the molecule is Cc1ccc(CN)cc1.Cl.Cl.FC(F)(F)c1ccc(CN2CN=C(SCc3ccccc3CSC3=NCN(Cc4ccc(C(F)(F)F)cc4)CN3)NC2)cc1.N=C(N)SCc1ccccc1CSC(=N)N. The molecule has 2 aliphatic heterocycles. The molecule has 0 saturated carbocycles. The smallest absolute Gasteiger partial charge is 0.379 e. The third-order valence-electron chi connectivity index (χ3n) is 10.2. The van der Waals surface area contributed by atoms with Crippen molar-refractivity contribution < 1.29 is 26.3 Å². The highest BCUT2D eigenvalue weighted by molar-refractivity contribution is 8.14. The van der Waals surface area contributed by atoms with E-state index in [-0.39, 0.29) is 35.1 Å². The van der Waals surface area contributed by atoms with Gasteiger partial charge in [-0.15, -0.1) is 24.8 Å². The van der Waals surface area contributed by atoms with E-state index in [1.165, 1.54) is 70.0 Å². The molecule has 0 spiro atoms. The molecule has 0 aromatic heterocycles. The molecule has 11 nitrogen and oxygen atoms in total. The zero-order chi connectivity index (χ0) is 49.8. The van der Waals surface area contributed by atoms with Crippen LogP contribution in [-0.4, -0.2) is 57.1 Å². The molecule has 0 bridgehead atoms. The summed E-state index contributed by atoms with van der Waals surface area (Å²) in [7, 11) is 0. The van der Waals surface area contributed by atoms with Gasteiger partial charge in [0, 0.05) is 42.6 Å². The maximum atomic E-state index is 12.8. The summed E-state index contributed by atoms with van der Waals surface area (Å²) < 4.78 is 76.8. The Morgan fingerprint density at radius 1 is 0.549 bits per heavy atom. The van der Waals surface area contributed by atoms with E-state index in [2.05, 4.69) is 63.9 Å². The predicted octanol–water partition coefficient (Wildman–Crippen LogP) is 11.2. The molecule has 0 fully saturated rings. The zero-order valence-electron chi connectivity index (χ0n) is 38.6. The van der Waals surface area contributed by atoms with Gasteiger partial charge >= 0.3 is 12.4 Å².